The van der Waals surface area contributed by atoms with E-state index in [0.29, 0.717) is 31.0 Å². The fourth-order valence-electron chi connectivity index (χ4n) is 3.00. The van der Waals surface area contributed by atoms with E-state index in [1.165, 1.54) is 0 Å². The monoisotopic (exact) mass is 425 g/mol. The van der Waals surface area contributed by atoms with Crippen molar-refractivity contribution in [3.63, 3.8) is 0 Å². The number of carboxylic acids is 1. The van der Waals surface area contributed by atoms with Crippen LogP contribution in [0.3, 0.4) is 0 Å². The molecule has 0 amide bonds. The Bertz CT molecular complexity index is 870. The van der Waals surface area contributed by atoms with E-state index >= 15 is 0 Å². The van der Waals surface area contributed by atoms with Gasteiger partial charge in [-0.05, 0) is 25.0 Å². The molecular weight excluding hydrogens is 394 g/mol. The van der Waals surface area contributed by atoms with Gasteiger partial charge in [0.1, 0.15) is 37.0 Å². The largest absolute Gasteiger partial charge is 0.497 e. The first-order chi connectivity index (χ1) is 15.1. The minimum atomic E-state index is -0.825. The number of carbonyl (C=O) groups is 1. The summed E-state index contributed by atoms with van der Waals surface area (Å²) in [5, 5.41) is 9.07. The van der Waals surface area contributed by atoms with Crippen LogP contribution in [-0.2, 0) is 19.0 Å². The van der Waals surface area contributed by atoms with E-state index in [2.05, 4.69) is 6.58 Å². The molecule has 0 spiro atoms. The molecule has 166 valence electrons. The first-order valence-corrected chi connectivity index (χ1v) is 10.5. The molecule has 1 fully saturated rings. The quantitative estimate of drug-likeness (QED) is 0.477. The van der Waals surface area contributed by atoms with Crippen LogP contribution in [0, 0.1) is 5.92 Å². The van der Waals surface area contributed by atoms with E-state index in [1.807, 2.05) is 51.1 Å². The molecule has 2 heterocycles. The highest BCUT2D eigenvalue weighted by atomic mass is 16.5. The Hall–Kier alpha value is -3.28. The Morgan fingerprint density at radius 1 is 1.29 bits per heavy atom. The van der Waals surface area contributed by atoms with Gasteiger partial charge in [-0.1, -0.05) is 56.8 Å². The first kappa shape index (κ1) is 24.0. The Labute approximate surface area is 184 Å². The molecular formula is C25H31NO5. The number of rotatable bonds is 7. The molecule has 0 aromatic heterocycles. The maximum Gasteiger partial charge on any atom is 0.309 e. The molecule has 1 atom stereocenters. The summed E-state index contributed by atoms with van der Waals surface area (Å²) in [4.78, 5) is 15.8. The lowest BCUT2D eigenvalue weighted by Gasteiger charge is -2.22. The van der Waals surface area contributed by atoms with E-state index in [1.54, 1.807) is 18.2 Å². The molecule has 1 aromatic carbocycles. The van der Waals surface area contributed by atoms with Crippen molar-refractivity contribution in [3.05, 3.63) is 83.7 Å². The molecule has 1 N–H and O–H groups in total. The summed E-state index contributed by atoms with van der Waals surface area (Å²) in [6, 6.07) is 9.90. The number of ether oxygens (including phenoxy) is 3. The average molecular weight is 426 g/mol. The van der Waals surface area contributed by atoms with Crippen molar-refractivity contribution in [2.75, 3.05) is 19.8 Å². The van der Waals surface area contributed by atoms with Gasteiger partial charge in [-0.2, -0.15) is 0 Å². The zero-order chi connectivity index (χ0) is 22.6. The van der Waals surface area contributed by atoms with E-state index in [9.17, 15) is 4.79 Å². The zero-order valence-corrected chi connectivity index (χ0v) is 18.5. The van der Waals surface area contributed by atoms with Crippen molar-refractivity contribution in [2.45, 2.75) is 33.6 Å². The molecule has 0 aliphatic carbocycles. The molecule has 0 radical (unpaired) electrons. The highest BCUT2D eigenvalue weighted by Gasteiger charge is 2.24. The minimum Gasteiger partial charge on any atom is -0.497 e. The lowest BCUT2D eigenvalue weighted by molar-refractivity contribution is -0.144. The highest BCUT2D eigenvalue weighted by Crippen LogP contribution is 2.24. The first-order valence-electron chi connectivity index (χ1n) is 10.5. The Kier molecular flexibility index (Phi) is 9.62. The van der Waals surface area contributed by atoms with Crippen LogP contribution < -0.4 is 0 Å². The van der Waals surface area contributed by atoms with E-state index < -0.39 is 11.9 Å². The van der Waals surface area contributed by atoms with Crippen LogP contribution >= 0.6 is 0 Å². The molecule has 0 bridgehead atoms. The van der Waals surface area contributed by atoms with Gasteiger partial charge in [-0.25, -0.2) is 4.99 Å². The van der Waals surface area contributed by atoms with Gasteiger partial charge in [0.25, 0.3) is 0 Å². The molecule has 1 unspecified atom stereocenters. The summed E-state index contributed by atoms with van der Waals surface area (Å²) in [5.74, 6) is 0.723. The van der Waals surface area contributed by atoms with Crippen molar-refractivity contribution in [1.29, 1.82) is 0 Å². The summed E-state index contributed by atoms with van der Waals surface area (Å²) in [6.45, 7) is 10.4. The van der Waals surface area contributed by atoms with Gasteiger partial charge in [-0.3, -0.25) is 4.79 Å². The van der Waals surface area contributed by atoms with Gasteiger partial charge < -0.3 is 19.3 Å². The number of benzene rings is 1. The number of hydrogen-bond donors (Lipinski definition) is 1. The maximum atomic E-state index is 11.0. The van der Waals surface area contributed by atoms with Gasteiger partial charge in [0.2, 0.25) is 0 Å². The van der Waals surface area contributed by atoms with Crippen LogP contribution in [0.2, 0.25) is 0 Å². The fraction of sp³-hybridized carbons (Fsp3) is 0.360. The van der Waals surface area contributed by atoms with E-state index in [4.69, 9.17) is 24.3 Å². The van der Waals surface area contributed by atoms with Crippen molar-refractivity contribution in [1.82, 2.24) is 0 Å². The zero-order valence-electron chi connectivity index (χ0n) is 18.5. The SMILES string of the molecule is C=C/C=C(\C=C1/CCC(C(=O)O)CO1)OCC1=C(C)OCC(c2ccccc2)=N1.CC. The minimum absolute atomic E-state index is 0.172. The van der Waals surface area contributed by atoms with Crippen LogP contribution in [-0.4, -0.2) is 36.6 Å². The van der Waals surface area contributed by atoms with Gasteiger partial charge >= 0.3 is 5.97 Å². The van der Waals surface area contributed by atoms with Crippen LogP contribution in [0.25, 0.3) is 0 Å². The third-order valence-corrected chi connectivity index (χ3v) is 4.73. The summed E-state index contributed by atoms with van der Waals surface area (Å²) < 4.78 is 17.3. The van der Waals surface area contributed by atoms with Crippen LogP contribution in [0.1, 0.15) is 39.2 Å². The Morgan fingerprint density at radius 2 is 2.03 bits per heavy atom. The lowest BCUT2D eigenvalue weighted by Crippen LogP contribution is -2.24. The topological polar surface area (TPSA) is 77.4 Å². The standard InChI is InChI=1S/C23H25NO5.C2H6/c1-3-7-19(12-20-11-10-18(13-28-20)23(25)26)29-14-21-16(2)27-15-22(24-21)17-8-5-4-6-9-17;1-2/h3-9,12,18H,1,10-11,13-15H2,2H3,(H,25,26);1-2H3/b19-7+,20-12+;. The molecule has 1 saturated heterocycles. The summed E-state index contributed by atoms with van der Waals surface area (Å²) in [6.07, 6.45) is 6.25. The Morgan fingerprint density at radius 3 is 2.65 bits per heavy atom. The number of carboxylic acid groups (broad SMARTS) is 1. The lowest BCUT2D eigenvalue weighted by atomic mass is 10.0. The second kappa shape index (κ2) is 12.4. The average Bonchev–Trinajstić information content (AvgIpc) is 2.81. The number of aliphatic carboxylic acids is 1. The molecule has 6 heteroatoms. The molecule has 2 aliphatic rings. The van der Waals surface area contributed by atoms with Crippen LogP contribution in [0.5, 0.6) is 0 Å². The number of allylic oxidation sites excluding steroid dienone is 5. The number of hydrogen-bond acceptors (Lipinski definition) is 5. The van der Waals surface area contributed by atoms with Crippen molar-refractivity contribution in [2.24, 2.45) is 10.9 Å². The van der Waals surface area contributed by atoms with E-state index in [0.717, 1.165) is 22.7 Å². The molecule has 0 saturated carbocycles. The predicted octanol–water partition coefficient (Wildman–Crippen LogP) is 5.25. The van der Waals surface area contributed by atoms with Crippen LogP contribution in [0.15, 0.2) is 83.1 Å². The van der Waals surface area contributed by atoms with Crippen LogP contribution in [0.4, 0.5) is 0 Å². The molecule has 2 aliphatic heterocycles. The number of nitrogens with zero attached hydrogens (tertiary/aromatic N) is 1. The van der Waals surface area contributed by atoms with E-state index in [-0.39, 0.29) is 13.2 Å². The second-order valence-electron chi connectivity index (χ2n) is 6.80. The maximum absolute atomic E-state index is 11.0. The highest BCUT2D eigenvalue weighted by molar-refractivity contribution is 6.02. The smallest absolute Gasteiger partial charge is 0.309 e. The van der Waals surface area contributed by atoms with Gasteiger partial charge in [-0.15, -0.1) is 0 Å². The number of aliphatic imine (C=N–C) groups is 1. The molecule has 31 heavy (non-hydrogen) atoms. The van der Waals surface area contributed by atoms with Crippen molar-refractivity contribution < 1.29 is 24.1 Å². The van der Waals surface area contributed by atoms with Gasteiger partial charge in [0, 0.05) is 12.5 Å². The molecule has 3 rings (SSSR count). The van der Waals surface area contributed by atoms with Gasteiger partial charge in [0.05, 0.1) is 17.4 Å². The fourth-order valence-corrected chi connectivity index (χ4v) is 3.00. The molecule has 6 nitrogen and oxygen atoms in total. The van der Waals surface area contributed by atoms with Crippen molar-refractivity contribution >= 4 is 11.7 Å². The second-order valence-corrected chi connectivity index (χ2v) is 6.80. The predicted molar refractivity (Wildman–Crippen MR) is 122 cm³/mol. The Balaban J connectivity index is 0.00000166. The molecule has 1 aromatic rings. The third-order valence-electron chi connectivity index (χ3n) is 4.73. The summed E-state index contributed by atoms with van der Waals surface area (Å²) >= 11 is 0. The summed E-state index contributed by atoms with van der Waals surface area (Å²) in [7, 11) is 0. The normalized spacial score (nSPS) is 20.0. The van der Waals surface area contributed by atoms with Gasteiger partial charge in [0.15, 0.2) is 0 Å². The van der Waals surface area contributed by atoms with Crippen molar-refractivity contribution in [3.8, 4) is 0 Å². The summed E-state index contributed by atoms with van der Waals surface area (Å²) in [5.41, 5.74) is 2.60. The third kappa shape index (κ3) is 7.17.